The molecule has 108 valence electrons. The molecule has 1 rings (SSSR count). The van der Waals surface area contributed by atoms with Gasteiger partial charge in [0.05, 0.1) is 6.10 Å². The lowest BCUT2D eigenvalue weighted by Gasteiger charge is -2.20. The number of hydrazine groups is 1. The molecule has 1 atom stereocenters. The van der Waals surface area contributed by atoms with Crippen LogP contribution in [0.25, 0.3) is 0 Å². The number of ether oxygens (including phenoxy) is 1. The van der Waals surface area contributed by atoms with Crippen LogP contribution in [-0.4, -0.2) is 30.9 Å². The van der Waals surface area contributed by atoms with Crippen molar-refractivity contribution in [1.82, 2.24) is 5.32 Å². The van der Waals surface area contributed by atoms with Crippen molar-refractivity contribution in [3.63, 3.8) is 0 Å². The molecular weight excluding hydrogens is 253 g/mol. The Labute approximate surface area is 111 Å². The Morgan fingerprint density at radius 2 is 2.26 bits per heavy atom. The Balaban J connectivity index is 0.00000324. The van der Waals surface area contributed by atoms with Crippen molar-refractivity contribution in [2.75, 3.05) is 18.7 Å². The summed E-state index contributed by atoms with van der Waals surface area (Å²) in [4.78, 5) is 11.4. The number of rotatable bonds is 4. The van der Waals surface area contributed by atoms with Crippen LogP contribution in [0.4, 0.5) is 14.9 Å². The molecule has 0 unspecified atom stereocenters. The Kier molecular flexibility index (Phi) is 6.81. The van der Waals surface area contributed by atoms with Crippen molar-refractivity contribution in [2.24, 2.45) is 5.84 Å². The first-order chi connectivity index (χ1) is 8.45. The van der Waals surface area contributed by atoms with E-state index in [9.17, 15) is 9.18 Å². The van der Waals surface area contributed by atoms with E-state index < -0.39 is 18.0 Å². The molecule has 0 saturated heterocycles. The standard InChI is InChI=1S/C11H16FN3O3.CH4/c1-7(16)6-18-10-5-8(12)3-4-9(10)15(13)11(17)14-2;/h3-5,7,16H,6,13H2,1-2H3,(H,14,17);1H4/t7-;/m0./s1. The summed E-state index contributed by atoms with van der Waals surface area (Å²) in [5.74, 6) is 5.12. The summed E-state index contributed by atoms with van der Waals surface area (Å²) < 4.78 is 18.3. The lowest BCUT2D eigenvalue weighted by Crippen LogP contribution is -2.43. The van der Waals surface area contributed by atoms with Gasteiger partial charge in [-0.2, -0.15) is 0 Å². The van der Waals surface area contributed by atoms with Crippen molar-refractivity contribution in [3.8, 4) is 5.75 Å². The number of halogens is 1. The average molecular weight is 273 g/mol. The summed E-state index contributed by atoms with van der Waals surface area (Å²) >= 11 is 0. The van der Waals surface area contributed by atoms with Gasteiger partial charge in [-0.1, -0.05) is 7.43 Å². The molecule has 0 spiro atoms. The topological polar surface area (TPSA) is 87.8 Å². The van der Waals surface area contributed by atoms with E-state index in [1.807, 2.05) is 0 Å². The number of benzene rings is 1. The molecule has 4 N–H and O–H groups in total. The van der Waals surface area contributed by atoms with E-state index in [1.165, 1.54) is 20.0 Å². The van der Waals surface area contributed by atoms with E-state index in [0.29, 0.717) is 0 Å². The zero-order chi connectivity index (χ0) is 13.7. The summed E-state index contributed by atoms with van der Waals surface area (Å²) in [6, 6.07) is 3.01. The fraction of sp³-hybridized carbons (Fsp3) is 0.417. The van der Waals surface area contributed by atoms with Crippen LogP contribution >= 0.6 is 0 Å². The van der Waals surface area contributed by atoms with Crippen molar-refractivity contribution >= 4 is 11.7 Å². The molecule has 0 heterocycles. The normalized spacial score (nSPS) is 11.2. The maximum absolute atomic E-state index is 13.1. The first-order valence-electron chi connectivity index (χ1n) is 5.32. The van der Waals surface area contributed by atoms with Gasteiger partial charge in [0, 0.05) is 13.1 Å². The maximum atomic E-state index is 13.1. The molecule has 1 aromatic carbocycles. The summed E-state index contributed by atoms with van der Waals surface area (Å²) in [5, 5.41) is 12.3. The third kappa shape index (κ3) is 4.72. The number of nitrogens with two attached hydrogens (primary N) is 1. The van der Waals surface area contributed by atoms with Gasteiger partial charge in [-0.3, -0.25) is 0 Å². The number of carbonyl (C=O) groups is 1. The fourth-order valence-corrected chi connectivity index (χ4v) is 1.24. The van der Waals surface area contributed by atoms with Gasteiger partial charge in [0.1, 0.15) is 23.9 Å². The largest absolute Gasteiger partial charge is 0.489 e. The summed E-state index contributed by atoms with van der Waals surface area (Å²) in [7, 11) is 1.42. The molecule has 0 aliphatic carbocycles. The Morgan fingerprint density at radius 3 is 2.79 bits per heavy atom. The van der Waals surface area contributed by atoms with Gasteiger partial charge >= 0.3 is 6.03 Å². The molecule has 7 heteroatoms. The van der Waals surface area contributed by atoms with E-state index in [0.717, 1.165) is 17.1 Å². The summed E-state index contributed by atoms with van der Waals surface area (Å²) in [6.07, 6.45) is -0.715. The summed E-state index contributed by atoms with van der Waals surface area (Å²) in [6.45, 7) is 1.50. The van der Waals surface area contributed by atoms with Crippen LogP contribution in [0.15, 0.2) is 18.2 Å². The molecule has 2 amide bonds. The lowest BCUT2D eigenvalue weighted by atomic mass is 10.2. The second kappa shape index (κ2) is 7.55. The average Bonchev–Trinajstić information content (AvgIpc) is 2.34. The number of anilines is 1. The van der Waals surface area contributed by atoms with E-state index >= 15 is 0 Å². The molecule has 0 aliphatic heterocycles. The second-order valence-electron chi connectivity index (χ2n) is 3.70. The predicted molar refractivity (Wildman–Crippen MR) is 71.4 cm³/mol. The molecule has 1 aromatic rings. The first-order valence-corrected chi connectivity index (χ1v) is 5.32. The molecule has 0 saturated carbocycles. The number of nitrogens with zero attached hydrogens (tertiary/aromatic N) is 1. The quantitative estimate of drug-likeness (QED) is 0.437. The highest BCUT2D eigenvalue weighted by Crippen LogP contribution is 2.27. The number of aliphatic hydroxyl groups is 1. The van der Waals surface area contributed by atoms with Gasteiger partial charge in [0.25, 0.3) is 0 Å². The Morgan fingerprint density at radius 1 is 1.63 bits per heavy atom. The highest BCUT2D eigenvalue weighted by molar-refractivity contribution is 5.92. The first kappa shape index (κ1) is 17.1. The minimum absolute atomic E-state index is 0. The SMILES string of the molecule is C.CNC(=O)N(N)c1ccc(F)cc1OC[C@H](C)O. The van der Waals surface area contributed by atoms with Gasteiger partial charge in [-0.25, -0.2) is 20.0 Å². The van der Waals surface area contributed by atoms with Gasteiger partial charge in [-0.05, 0) is 19.1 Å². The van der Waals surface area contributed by atoms with Gasteiger partial charge in [0.15, 0.2) is 0 Å². The molecule has 6 nitrogen and oxygen atoms in total. The minimum atomic E-state index is -0.715. The second-order valence-corrected chi connectivity index (χ2v) is 3.70. The third-order valence-electron chi connectivity index (χ3n) is 2.09. The molecular formula is C12H20FN3O3. The monoisotopic (exact) mass is 273 g/mol. The van der Waals surface area contributed by atoms with E-state index in [1.54, 1.807) is 0 Å². The number of hydrogen-bond acceptors (Lipinski definition) is 4. The number of hydrogen-bond donors (Lipinski definition) is 3. The maximum Gasteiger partial charge on any atom is 0.336 e. The zero-order valence-electron chi connectivity index (χ0n) is 10.2. The molecule has 0 aliphatic rings. The number of nitrogens with one attached hydrogen (secondary N) is 1. The number of carbonyl (C=O) groups excluding carboxylic acids is 1. The van der Waals surface area contributed by atoms with Gasteiger partial charge in [-0.15, -0.1) is 0 Å². The van der Waals surface area contributed by atoms with E-state index in [-0.39, 0.29) is 25.5 Å². The summed E-state index contributed by atoms with van der Waals surface area (Å²) in [5.41, 5.74) is 0.205. The molecule has 0 aromatic heterocycles. The Bertz CT molecular complexity index is 427. The zero-order valence-corrected chi connectivity index (χ0v) is 10.2. The van der Waals surface area contributed by atoms with Crippen molar-refractivity contribution in [3.05, 3.63) is 24.0 Å². The van der Waals surface area contributed by atoms with Gasteiger partial charge in [0.2, 0.25) is 0 Å². The highest BCUT2D eigenvalue weighted by Gasteiger charge is 2.16. The van der Waals surface area contributed by atoms with Crippen LogP contribution in [0.2, 0.25) is 0 Å². The highest BCUT2D eigenvalue weighted by atomic mass is 19.1. The molecule has 0 fully saturated rings. The molecule has 19 heavy (non-hydrogen) atoms. The van der Waals surface area contributed by atoms with Crippen LogP contribution in [0.5, 0.6) is 5.75 Å². The lowest BCUT2D eigenvalue weighted by molar-refractivity contribution is 0.123. The van der Waals surface area contributed by atoms with Crippen molar-refractivity contribution < 1.29 is 19.0 Å². The van der Waals surface area contributed by atoms with Crippen LogP contribution < -0.4 is 20.9 Å². The van der Waals surface area contributed by atoms with E-state index in [4.69, 9.17) is 15.7 Å². The molecule has 0 bridgehead atoms. The van der Waals surface area contributed by atoms with Crippen LogP contribution in [0.3, 0.4) is 0 Å². The number of aliphatic hydroxyl groups excluding tert-OH is 1. The number of urea groups is 1. The van der Waals surface area contributed by atoms with Crippen molar-refractivity contribution in [2.45, 2.75) is 20.5 Å². The molecule has 0 radical (unpaired) electrons. The minimum Gasteiger partial charge on any atom is -0.489 e. The van der Waals surface area contributed by atoms with Crippen LogP contribution in [0.1, 0.15) is 14.4 Å². The van der Waals surface area contributed by atoms with Gasteiger partial charge < -0.3 is 15.2 Å². The number of amides is 2. The van der Waals surface area contributed by atoms with Crippen molar-refractivity contribution in [1.29, 1.82) is 0 Å². The van der Waals surface area contributed by atoms with Crippen LogP contribution in [-0.2, 0) is 0 Å². The predicted octanol–water partition coefficient (Wildman–Crippen LogP) is 1.24. The fourth-order valence-electron chi connectivity index (χ4n) is 1.24. The third-order valence-corrected chi connectivity index (χ3v) is 2.09. The van der Waals surface area contributed by atoms with E-state index in [2.05, 4.69) is 5.32 Å². The smallest absolute Gasteiger partial charge is 0.336 e. The Hall–Kier alpha value is -1.86. The van der Waals surface area contributed by atoms with Crippen LogP contribution in [0, 0.1) is 5.82 Å².